The summed E-state index contributed by atoms with van der Waals surface area (Å²) in [7, 11) is -4.53. The van der Waals surface area contributed by atoms with Gasteiger partial charge in [0.25, 0.3) is 15.7 Å². The van der Waals surface area contributed by atoms with Gasteiger partial charge >= 0.3 is 5.97 Å². The molecule has 0 saturated carbocycles. The predicted octanol–water partition coefficient (Wildman–Crippen LogP) is 1.66. The van der Waals surface area contributed by atoms with E-state index in [1.165, 1.54) is 13.8 Å². The maximum atomic E-state index is 13.8. The van der Waals surface area contributed by atoms with E-state index in [0.29, 0.717) is 0 Å². The Kier molecular flexibility index (Phi) is 5.20. The molecule has 0 atom stereocenters. The van der Waals surface area contributed by atoms with Gasteiger partial charge in [-0.15, -0.1) is 0 Å². The van der Waals surface area contributed by atoms with E-state index >= 15 is 0 Å². The van der Waals surface area contributed by atoms with Crippen molar-refractivity contribution in [1.82, 2.24) is 4.72 Å². The van der Waals surface area contributed by atoms with Gasteiger partial charge in [0.1, 0.15) is 5.82 Å². The molecule has 0 amide bonds. The van der Waals surface area contributed by atoms with E-state index in [1.807, 2.05) is 0 Å². The van der Waals surface area contributed by atoms with E-state index in [4.69, 9.17) is 5.11 Å². The molecule has 1 aromatic carbocycles. The molecular weight excluding hydrogens is 319 g/mol. The highest BCUT2D eigenvalue weighted by Gasteiger charge is 2.34. The third-order valence-electron chi connectivity index (χ3n) is 2.79. The predicted molar refractivity (Wildman–Crippen MR) is 74.3 cm³/mol. The maximum Gasteiger partial charge on any atom is 0.303 e. The Morgan fingerprint density at radius 3 is 2.55 bits per heavy atom. The number of benzene rings is 1. The number of carbonyl (C=O) groups is 1. The van der Waals surface area contributed by atoms with Crippen molar-refractivity contribution in [1.29, 1.82) is 0 Å². The fourth-order valence-electron chi connectivity index (χ4n) is 1.79. The molecule has 1 aromatic rings. The van der Waals surface area contributed by atoms with E-state index in [0.717, 1.165) is 18.2 Å². The molecule has 0 bridgehead atoms. The Labute approximate surface area is 126 Å². The number of aliphatic carboxylic acids is 1. The second-order valence-electron chi connectivity index (χ2n) is 5.23. The Bertz CT molecular complexity index is 702. The molecule has 8 nitrogen and oxygen atoms in total. The van der Waals surface area contributed by atoms with Crippen LogP contribution in [0.25, 0.3) is 0 Å². The molecule has 0 aliphatic carbocycles. The van der Waals surface area contributed by atoms with Crippen molar-refractivity contribution in [2.75, 3.05) is 0 Å². The number of nitrogens with zero attached hydrogens (tertiary/aromatic N) is 1. The molecule has 0 saturated heterocycles. The lowest BCUT2D eigenvalue weighted by Crippen LogP contribution is -2.44. The zero-order valence-corrected chi connectivity index (χ0v) is 12.7. The molecule has 0 aliphatic rings. The van der Waals surface area contributed by atoms with Gasteiger partial charge in [-0.25, -0.2) is 17.5 Å². The molecule has 0 unspecified atom stereocenters. The number of rotatable bonds is 7. The first-order valence-corrected chi connectivity index (χ1v) is 7.63. The fourth-order valence-corrected chi connectivity index (χ4v) is 3.47. The smallest absolute Gasteiger partial charge is 0.303 e. The van der Waals surface area contributed by atoms with Crippen LogP contribution in [0, 0.1) is 15.9 Å². The highest BCUT2D eigenvalue weighted by Crippen LogP contribution is 2.28. The summed E-state index contributed by atoms with van der Waals surface area (Å²) in [5.74, 6) is -2.38. The lowest BCUT2D eigenvalue weighted by atomic mass is 10.0. The van der Waals surface area contributed by atoms with E-state index in [2.05, 4.69) is 4.72 Å². The third kappa shape index (κ3) is 4.46. The Hall–Kier alpha value is -2.07. The summed E-state index contributed by atoms with van der Waals surface area (Å²) < 4.78 is 40.4. The Balaban J connectivity index is 3.21. The minimum atomic E-state index is -4.53. The van der Waals surface area contributed by atoms with Gasteiger partial charge in [-0.05, 0) is 26.3 Å². The van der Waals surface area contributed by atoms with Crippen molar-refractivity contribution < 1.29 is 27.6 Å². The molecule has 0 fully saturated rings. The summed E-state index contributed by atoms with van der Waals surface area (Å²) in [6, 6.07) is 2.70. The van der Waals surface area contributed by atoms with Crippen LogP contribution in [0.3, 0.4) is 0 Å². The lowest BCUT2D eigenvalue weighted by Gasteiger charge is -2.25. The molecule has 10 heteroatoms. The lowest BCUT2D eigenvalue weighted by molar-refractivity contribution is -0.388. The van der Waals surface area contributed by atoms with Crippen LogP contribution in [-0.2, 0) is 14.8 Å². The molecule has 122 valence electrons. The number of nitrogens with one attached hydrogen (secondary N) is 1. The quantitative estimate of drug-likeness (QED) is 0.576. The minimum Gasteiger partial charge on any atom is -0.481 e. The number of nitro benzene ring substituents is 1. The maximum absolute atomic E-state index is 13.8. The molecule has 22 heavy (non-hydrogen) atoms. The largest absolute Gasteiger partial charge is 0.481 e. The van der Waals surface area contributed by atoms with Crippen LogP contribution >= 0.6 is 0 Å². The Morgan fingerprint density at radius 1 is 1.45 bits per heavy atom. The SMILES string of the molecule is CC(C)(CCC(=O)O)NS(=O)(=O)c1c(F)cccc1[N+](=O)[O-]. The first-order valence-electron chi connectivity index (χ1n) is 6.15. The summed E-state index contributed by atoms with van der Waals surface area (Å²) in [6.07, 6.45) is -0.376. The van der Waals surface area contributed by atoms with E-state index < -0.39 is 42.9 Å². The molecule has 0 aliphatic heterocycles. The summed E-state index contributed by atoms with van der Waals surface area (Å²) in [4.78, 5) is 19.4. The molecule has 2 N–H and O–H groups in total. The topological polar surface area (TPSA) is 127 Å². The highest BCUT2D eigenvalue weighted by atomic mass is 32.2. The second kappa shape index (κ2) is 6.36. The third-order valence-corrected chi connectivity index (χ3v) is 4.55. The molecule has 1 rings (SSSR count). The van der Waals surface area contributed by atoms with Gasteiger partial charge in [0, 0.05) is 18.0 Å². The first-order chi connectivity index (χ1) is 9.96. The van der Waals surface area contributed by atoms with Crippen molar-refractivity contribution in [2.24, 2.45) is 0 Å². The minimum absolute atomic E-state index is 0.0657. The van der Waals surface area contributed by atoms with Crippen molar-refractivity contribution in [3.8, 4) is 0 Å². The summed E-state index contributed by atoms with van der Waals surface area (Å²) in [5.41, 5.74) is -2.10. The number of carboxylic acid groups (broad SMARTS) is 1. The first kappa shape index (κ1) is 18.0. The van der Waals surface area contributed by atoms with Gasteiger partial charge in [-0.2, -0.15) is 0 Å². The fraction of sp³-hybridized carbons (Fsp3) is 0.417. The molecule has 0 heterocycles. The van der Waals surface area contributed by atoms with Crippen LogP contribution in [0.1, 0.15) is 26.7 Å². The number of halogens is 1. The number of nitro groups is 1. The summed E-state index contributed by atoms with van der Waals surface area (Å²) in [6.45, 7) is 2.81. The van der Waals surface area contributed by atoms with E-state index in [1.54, 1.807) is 0 Å². The standard InChI is InChI=1S/C12H15FN2O6S/c1-12(2,7-6-10(16)17)14-22(20,21)11-8(13)4-3-5-9(11)15(18)19/h3-5,14H,6-7H2,1-2H3,(H,16,17). The molecule has 0 spiro atoms. The monoisotopic (exact) mass is 334 g/mol. The number of sulfonamides is 1. The van der Waals surface area contributed by atoms with Crippen LogP contribution < -0.4 is 4.72 Å². The summed E-state index contributed by atoms with van der Waals surface area (Å²) >= 11 is 0. The molecule has 0 aromatic heterocycles. The van der Waals surface area contributed by atoms with Crippen LogP contribution in [0.5, 0.6) is 0 Å². The van der Waals surface area contributed by atoms with Crippen LogP contribution in [0.2, 0.25) is 0 Å². The van der Waals surface area contributed by atoms with Gasteiger partial charge in [-0.3, -0.25) is 14.9 Å². The zero-order chi connectivity index (χ0) is 17.1. The highest BCUT2D eigenvalue weighted by molar-refractivity contribution is 7.89. The van der Waals surface area contributed by atoms with Gasteiger partial charge in [0.15, 0.2) is 4.90 Å². The molecule has 0 radical (unpaired) electrons. The number of carboxylic acids is 1. The zero-order valence-electron chi connectivity index (χ0n) is 11.9. The normalized spacial score (nSPS) is 12.1. The number of hydrogen-bond donors (Lipinski definition) is 2. The Morgan fingerprint density at radius 2 is 2.05 bits per heavy atom. The van der Waals surface area contributed by atoms with Crippen molar-refractivity contribution in [2.45, 2.75) is 37.1 Å². The van der Waals surface area contributed by atoms with Gasteiger partial charge < -0.3 is 5.11 Å². The second-order valence-corrected chi connectivity index (χ2v) is 6.85. The van der Waals surface area contributed by atoms with Crippen molar-refractivity contribution in [3.63, 3.8) is 0 Å². The van der Waals surface area contributed by atoms with Crippen LogP contribution in [0.4, 0.5) is 10.1 Å². The summed E-state index contributed by atoms with van der Waals surface area (Å²) in [5, 5.41) is 19.5. The molecular formula is C12H15FN2O6S. The van der Waals surface area contributed by atoms with Crippen molar-refractivity contribution in [3.05, 3.63) is 34.1 Å². The van der Waals surface area contributed by atoms with Crippen LogP contribution in [-0.4, -0.2) is 30.0 Å². The van der Waals surface area contributed by atoms with Gasteiger partial charge in [0.05, 0.1) is 4.92 Å². The number of hydrogen-bond acceptors (Lipinski definition) is 5. The average molecular weight is 334 g/mol. The van der Waals surface area contributed by atoms with Gasteiger partial charge in [-0.1, -0.05) is 6.07 Å². The van der Waals surface area contributed by atoms with E-state index in [-0.39, 0.29) is 12.8 Å². The average Bonchev–Trinajstić information content (AvgIpc) is 2.34. The van der Waals surface area contributed by atoms with E-state index in [9.17, 15) is 27.7 Å². The van der Waals surface area contributed by atoms with Gasteiger partial charge in [0.2, 0.25) is 0 Å². The van der Waals surface area contributed by atoms with Crippen molar-refractivity contribution >= 4 is 21.7 Å². The van der Waals surface area contributed by atoms with Crippen LogP contribution in [0.15, 0.2) is 23.1 Å².